The van der Waals surface area contributed by atoms with Gasteiger partial charge in [0.2, 0.25) is 0 Å². The van der Waals surface area contributed by atoms with Crippen LogP contribution in [-0.2, 0) is 13.0 Å². The van der Waals surface area contributed by atoms with Crippen molar-refractivity contribution in [3.05, 3.63) is 59.4 Å². The van der Waals surface area contributed by atoms with Crippen molar-refractivity contribution < 1.29 is 9.53 Å². The molecule has 0 saturated heterocycles. The third kappa shape index (κ3) is 2.77. The summed E-state index contributed by atoms with van der Waals surface area (Å²) in [6.45, 7) is 1.12. The van der Waals surface area contributed by atoms with Crippen LogP contribution in [0.15, 0.2) is 42.6 Å². The summed E-state index contributed by atoms with van der Waals surface area (Å²) >= 11 is 0. The fourth-order valence-electron chi connectivity index (χ4n) is 3.25. The number of para-hydroxylation sites is 1. The highest BCUT2D eigenvalue weighted by molar-refractivity contribution is 5.94. The highest BCUT2D eigenvalue weighted by Crippen LogP contribution is 2.34. The predicted molar refractivity (Wildman–Crippen MR) is 97.7 cm³/mol. The summed E-state index contributed by atoms with van der Waals surface area (Å²) in [6, 6.07) is 11.1. The van der Waals surface area contributed by atoms with Gasteiger partial charge in [0.15, 0.2) is 0 Å². The van der Waals surface area contributed by atoms with Crippen LogP contribution in [0.1, 0.15) is 21.6 Å². The zero-order valence-electron chi connectivity index (χ0n) is 14.4. The molecule has 0 saturated carbocycles. The summed E-state index contributed by atoms with van der Waals surface area (Å²) in [6.07, 6.45) is 2.25. The van der Waals surface area contributed by atoms with E-state index >= 15 is 0 Å². The number of H-pyrrole nitrogens is 1. The number of fused-ring (bicyclic) bond motifs is 1. The molecule has 1 amide bonds. The van der Waals surface area contributed by atoms with Gasteiger partial charge in [-0.15, -0.1) is 0 Å². The van der Waals surface area contributed by atoms with Crippen LogP contribution in [0.5, 0.6) is 5.75 Å². The average molecular weight is 349 g/mol. The zero-order chi connectivity index (χ0) is 18.1. The van der Waals surface area contributed by atoms with E-state index in [1.807, 2.05) is 29.2 Å². The van der Waals surface area contributed by atoms with Gasteiger partial charge in [0.1, 0.15) is 17.3 Å². The topological polar surface area (TPSA) is 97.1 Å². The lowest BCUT2D eigenvalue weighted by molar-refractivity contribution is 0.0734. The van der Waals surface area contributed by atoms with E-state index in [0.29, 0.717) is 24.5 Å². The molecule has 0 radical (unpaired) electrons. The van der Waals surface area contributed by atoms with Crippen molar-refractivity contribution in [2.75, 3.05) is 19.4 Å². The number of hydrogen-bond donors (Lipinski definition) is 2. The van der Waals surface area contributed by atoms with E-state index in [4.69, 9.17) is 10.5 Å². The van der Waals surface area contributed by atoms with Crippen molar-refractivity contribution in [1.82, 2.24) is 20.1 Å². The molecule has 3 aromatic rings. The van der Waals surface area contributed by atoms with Gasteiger partial charge in [-0.05, 0) is 24.3 Å². The highest BCUT2D eigenvalue weighted by Gasteiger charge is 2.27. The van der Waals surface area contributed by atoms with Crippen molar-refractivity contribution in [3.8, 4) is 17.0 Å². The summed E-state index contributed by atoms with van der Waals surface area (Å²) < 4.78 is 5.46. The van der Waals surface area contributed by atoms with Gasteiger partial charge in [-0.25, -0.2) is 4.98 Å². The van der Waals surface area contributed by atoms with Crippen molar-refractivity contribution in [1.29, 1.82) is 0 Å². The smallest absolute Gasteiger partial charge is 0.255 e. The zero-order valence-corrected chi connectivity index (χ0v) is 14.4. The molecule has 0 spiro atoms. The van der Waals surface area contributed by atoms with Crippen LogP contribution in [0.2, 0.25) is 0 Å². The number of benzene rings is 1. The van der Waals surface area contributed by atoms with Crippen LogP contribution >= 0.6 is 0 Å². The van der Waals surface area contributed by atoms with E-state index in [9.17, 15) is 4.79 Å². The van der Waals surface area contributed by atoms with E-state index < -0.39 is 0 Å². The molecule has 7 nitrogen and oxygen atoms in total. The molecule has 7 heteroatoms. The Morgan fingerprint density at radius 1 is 1.27 bits per heavy atom. The number of aromatic nitrogens is 3. The Morgan fingerprint density at radius 3 is 2.88 bits per heavy atom. The number of pyridine rings is 1. The molecule has 3 N–H and O–H groups in total. The maximum atomic E-state index is 12.8. The molecule has 1 aliphatic heterocycles. The third-order valence-electron chi connectivity index (χ3n) is 4.62. The van der Waals surface area contributed by atoms with Gasteiger partial charge in [-0.1, -0.05) is 12.1 Å². The normalized spacial score (nSPS) is 13.3. The fourth-order valence-corrected chi connectivity index (χ4v) is 3.25. The first-order valence-corrected chi connectivity index (χ1v) is 8.37. The second kappa shape index (κ2) is 6.51. The number of methoxy groups -OCH3 is 1. The fraction of sp³-hybridized carbons (Fsp3) is 0.211. The van der Waals surface area contributed by atoms with Gasteiger partial charge in [0.25, 0.3) is 5.91 Å². The number of aromatic amines is 1. The molecule has 0 fully saturated rings. The lowest BCUT2D eigenvalue weighted by atomic mass is 10.00. The molecule has 0 bridgehead atoms. The van der Waals surface area contributed by atoms with Crippen molar-refractivity contribution in [2.24, 2.45) is 0 Å². The SMILES string of the molecule is COc1ccccc1-c1n[nH]c2c1CN(C(=O)c1ccc(N)nc1)CC2. The highest BCUT2D eigenvalue weighted by atomic mass is 16.5. The molecule has 26 heavy (non-hydrogen) atoms. The number of hydrogen-bond acceptors (Lipinski definition) is 5. The molecule has 1 aliphatic rings. The maximum absolute atomic E-state index is 12.8. The van der Waals surface area contributed by atoms with Crippen LogP contribution in [0, 0.1) is 0 Å². The van der Waals surface area contributed by atoms with Crippen LogP contribution in [0.3, 0.4) is 0 Å². The van der Waals surface area contributed by atoms with E-state index in [0.717, 1.165) is 34.7 Å². The minimum atomic E-state index is -0.0599. The van der Waals surface area contributed by atoms with Crippen molar-refractivity contribution >= 4 is 11.7 Å². The second-order valence-corrected chi connectivity index (χ2v) is 6.18. The van der Waals surface area contributed by atoms with Crippen LogP contribution in [0.4, 0.5) is 5.82 Å². The molecule has 0 atom stereocenters. The Labute approximate surface area is 150 Å². The Balaban J connectivity index is 1.65. The van der Waals surface area contributed by atoms with E-state index in [-0.39, 0.29) is 5.91 Å². The quantitative estimate of drug-likeness (QED) is 0.756. The largest absolute Gasteiger partial charge is 0.496 e. The average Bonchev–Trinajstić information content (AvgIpc) is 3.11. The molecule has 0 aliphatic carbocycles. The number of amides is 1. The molecular weight excluding hydrogens is 330 g/mol. The first-order chi connectivity index (χ1) is 12.7. The van der Waals surface area contributed by atoms with E-state index in [1.54, 1.807) is 19.2 Å². The van der Waals surface area contributed by atoms with Crippen LogP contribution in [-0.4, -0.2) is 39.6 Å². The van der Waals surface area contributed by atoms with Gasteiger partial charge < -0.3 is 15.4 Å². The van der Waals surface area contributed by atoms with Crippen LogP contribution < -0.4 is 10.5 Å². The second-order valence-electron chi connectivity index (χ2n) is 6.18. The van der Waals surface area contributed by atoms with Gasteiger partial charge in [-0.3, -0.25) is 9.89 Å². The third-order valence-corrected chi connectivity index (χ3v) is 4.62. The summed E-state index contributed by atoms with van der Waals surface area (Å²) in [5, 5.41) is 7.59. The summed E-state index contributed by atoms with van der Waals surface area (Å²) in [5.74, 6) is 1.10. The number of ether oxygens (including phenoxy) is 1. The van der Waals surface area contributed by atoms with Gasteiger partial charge in [0.05, 0.1) is 12.7 Å². The summed E-state index contributed by atoms with van der Waals surface area (Å²) in [4.78, 5) is 18.6. The molecule has 4 rings (SSSR count). The van der Waals surface area contributed by atoms with E-state index in [1.165, 1.54) is 6.20 Å². The molecule has 2 aromatic heterocycles. The number of nitrogens with one attached hydrogen (secondary N) is 1. The first kappa shape index (κ1) is 16.1. The molecule has 3 heterocycles. The van der Waals surface area contributed by atoms with Gasteiger partial charge in [-0.2, -0.15) is 5.10 Å². The number of nitrogens with zero attached hydrogens (tertiary/aromatic N) is 3. The van der Waals surface area contributed by atoms with Crippen LogP contribution in [0.25, 0.3) is 11.3 Å². The Kier molecular flexibility index (Phi) is 4.04. The predicted octanol–water partition coefficient (Wildman–Crippen LogP) is 2.26. The Hall–Kier alpha value is -3.35. The molecule has 1 aromatic carbocycles. The van der Waals surface area contributed by atoms with Gasteiger partial charge in [0, 0.05) is 42.5 Å². The minimum absolute atomic E-state index is 0.0599. The van der Waals surface area contributed by atoms with E-state index in [2.05, 4.69) is 15.2 Å². The minimum Gasteiger partial charge on any atom is -0.496 e. The maximum Gasteiger partial charge on any atom is 0.255 e. The number of carbonyl (C=O) groups is 1. The summed E-state index contributed by atoms with van der Waals surface area (Å²) in [5.41, 5.74) is 9.96. The number of rotatable bonds is 3. The van der Waals surface area contributed by atoms with Crippen molar-refractivity contribution in [2.45, 2.75) is 13.0 Å². The molecule has 132 valence electrons. The number of nitrogen functional groups attached to an aromatic ring is 1. The lowest BCUT2D eigenvalue weighted by Gasteiger charge is -2.27. The number of anilines is 1. The molecule has 0 unspecified atom stereocenters. The Morgan fingerprint density at radius 2 is 2.12 bits per heavy atom. The summed E-state index contributed by atoms with van der Waals surface area (Å²) in [7, 11) is 1.64. The Bertz CT molecular complexity index is 949. The van der Waals surface area contributed by atoms with Crippen molar-refractivity contribution in [3.63, 3.8) is 0 Å². The lowest BCUT2D eigenvalue weighted by Crippen LogP contribution is -2.36. The number of carbonyl (C=O) groups excluding carboxylic acids is 1. The standard InChI is InChI=1S/C19H19N5O2/c1-26-16-5-3-2-4-13(16)18-14-11-24(9-8-15(14)22-23-18)19(25)12-6-7-17(20)21-10-12/h2-7,10H,8-9,11H2,1H3,(H2,20,21)(H,22,23). The number of nitrogens with two attached hydrogens (primary N) is 1. The van der Waals surface area contributed by atoms with Gasteiger partial charge >= 0.3 is 0 Å². The molecular formula is C19H19N5O2. The first-order valence-electron chi connectivity index (χ1n) is 8.37. The monoisotopic (exact) mass is 349 g/mol.